The molecule has 0 bridgehead atoms. The van der Waals surface area contributed by atoms with E-state index in [4.69, 9.17) is 21.1 Å². The average molecular weight is 425 g/mol. The summed E-state index contributed by atoms with van der Waals surface area (Å²) in [6.45, 7) is 6.51. The van der Waals surface area contributed by atoms with Gasteiger partial charge in [0.15, 0.2) is 0 Å². The van der Waals surface area contributed by atoms with E-state index in [-0.39, 0.29) is 24.0 Å². The van der Waals surface area contributed by atoms with Crippen molar-refractivity contribution in [2.45, 2.75) is 39.3 Å². The van der Waals surface area contributed by atoms with Crippen LogP contribution in [0.15, 0.2) is 12.1 Å². The highest BCUT2D eigenvalue weighted by molar-refractivity contribution is 6.30. The SMILES string of the molecule is COCC(=O)N1CCc2cc(Cl)cc(CC(C)(C)[C@@H]3COCCN3C(=O)O)c2C1. The molecule has 0 unspecified atom stereocenters. The van der Waals surface area contributed by atoms with Gasteiger partial charge in [-0.1, -0.05) is 25.4 Å². The van der Waals surface area contributed by atoms with Crippen LogP contribution in [0.3, 0.4) is 0 Å². The van der Waals surface area contributed by atoms with E-state index in [2.05, 4.69) is 13.8 Å². The highest BCUT2D eigenvalue weighted by Crippen LogP contribution is 2.36. The van der Waals surface area contributed by atoms with Crippen LogP contribution in [0.25, 0.3) is 0 Å². The van der Waals surface area contributed by atoms with E-state index in [9.17, 15) is 14.7 Å². The molecule has 2 aliphatic heterocycles. The number of hydrogen-bond donors (Lipinski definition) is 1. The van der Waals surface area contributed by atoms with Crippen LogP contribution in [0.1, 0.15) is 30.5 Å². The number of hydrogen-bond acceptors (Lipinski definition) is 4. The van der Waals surface area contributed by atoms with Crippen molar-refractivity contribution in [2.75, 3.05) is 40.0 Å². The maximum absolute atomic E-state index is 12.3. The van der Waals surface area contributed by atoms with E-state index in [1.807, 2.05) is 17.0 Å². The molecule has 2 aliphatic rings. The molecule has 1 atom stereocenters. The van der Waals surface area contributed by atoms with Crippen LogP contribution in [-0.2, 0) is 33.7 Å². The molecule has 0 radical (unpaired) electrons. The van der Waals surface area contributed by atoms with Gasteiger partial charge in [0.2, 0.25) is 5.91 Å². The molecule has 1 N–H and O–H groups in total. The molecular formula is C21H29ClN2O5. The molecule has 1 saturated heterocycles. The van der Waals surface area contributed by atoms with Gasteiger partial charge in [-0.25, -0.2) is 4.79 Å². The average Bonchev–Trinajstić information content (AvgIpc) is 2.67. The molecule has 1 aromatic rings. The van der Waals surface area contributed by atoms with Crippen molar-refractivity contribution in [1.29, 1.82) is 0 Å². The number of morpholine rings is 1. The number of benzene rings is 1. The van der Waals surface area contributed by atoms with Gasteiger partial charge in [0.1, 0.15) is 6.61 Å². The van der Waals surface area contributed by atoms with E-state index in [1.54, 1.807) is 0 Å². The Morgan fingerprint density at radius 2 is 2.10 bits per heavy atom. The second kappa shape index (κ2) is 8.90. The third-order valence-electron chi connectivity index (χ3n) is 5.94. The lowest BCUT2D eigenvalue weighted by atomic mass is 9.76. The summed E-state index contributed by atoms with van der Waals surface area (Å²) >= 11 is 6.39. The Morgan fingerprint density at radius 1 is 1.34 bits per heavy atom. The number of rotatable bonds is 5. The molecule has 0 aliphatic carbocycles. The molecule has 0 saturated carbocycles. The van der Waals surface area contributed by atoms with E-state index >= 15 is 0 Å². The Balaban J connectivity index is 1.88. The van der Waals surface area contributed by atoms with Gasteiger partial charge in [-0.15, -0.1) is 0 Å². The number of amides is 2. The first kappa shape index (κ1) is 21.9. The molecule has 7 nitrogen and oxygen atoms in total. The smallest absolute Gasteiger partial charge is 0.407 e. The first-order chi connectivity index (χ1) is 13.7. The Hall–Kier alpha value is -1.83. The second-order valence-corrected chi connectivity index (χ2v) is 8.87. The van der Waals surface area contributed by atoms with E-state index in [0.29, 0.717) is 44.3 Å². The van der Waals surface area contributed by atoms with Gasteiger partial charge in [0.25, 0.3) is 0 Å². The highest BCUT2D eigenvalue weighted by Gasteiger charge is 2.39. The van der Waals surface area contributed by atoms with Gasteiger partial charge in [-0.3, -0.25) is 4.79 Å². The number of carboxylic acid groups (broad SMARTS) is 1. The maximum Gasteiger partial charge on any atom is 0.407 e. The minimum Gasteiger partial charge on any atom is -0.465 e. The second-order valence-electron chi connectivity index (χ2n) is 8.43. The summed E-state index contributed by atoms with van der Waals surface area (Å²) in [7, 11) is 1.52. The van der Waals surface area contributed by atoms with Crippen molar-refractivity contribution in [1.82, 2.24) is 9.80 Å². The molecule has 2 heterocycles. The van der Waals surface area contributed by atoms with Crippen molar-refractivity contribution in [3.05, 3.63) is 33.8 Å². The topological polar surface area (TPSA) is 79.3 Å². The molecule has 1 aromatic carbocycles. The van der Waals surface area contributed by atoms with Crippen LogP contribution in [0, 0.1) is 5.41 Å². The molecule has 0 spiro atoms. The molecule has 160 valence electrons. The molecule has 1 fully saturated rings. The number of ether oxygens (including phenoxy) is 2. The number of carbonyl (C=O) groups excluding carboxylic acids is 1. The third kappa shape index (κ3) is 4.85. The van der Waals surface area contributed by atoms with Crippen LogP contribution in [0.2, 0.25) is 5.02 Å². The van der Waals surface area contributed by atoms with Crippen molar-refractivity contribution in [2.24, 2.45) is 5.41 Å². The number of fused-ring (bicyclic) bond motifs is 1. The van der Waals surface area contributed by atoms with Gasteiger partial charge in [-0.2, -0.15) is 0 Å². The van der Waals surface area contributed by atoms with Crippen molar-refractivity contribution < 1.29 is 24.2 Å². The van der Waals surface area contributed by atoms with E-state index < -0.39 is 6.09 Å². The number of carbonyl (C=O) groups is 2. The minimum atomic E-state index is -0.921. The predicted molar refractivity (Wildman–Crippen MR) is 109 cm³/mol. The largest absolute Gasteiger partial charge is 0.465 e. The standard InChI is InChI=1S/C21H29ClN2O5/c1-21(2,18-12-29-7-6-24(18)20(26)27)10-15-9-16(22)8-14-4-5-23(11-17(14)15)19(25)13-28-3/h8-9,18H,4-7,10-13H2,1-3H3,(H,26,27)/t18-/m0/s1. The maximum atomic E-state index is 12.3. The quantitative estimate of drug-likeness (QED) is 0.786. The molecule has 0 aromatic heterocycles. The van der Waals surface area contributed by atoms with Crippen LogP contribution < -0.4 is 0 Å². The molecule has 2 amide bonds. The van der Waals surface area contributed by atoms with Crippen LogP contribution in [0.4, 0.5) is 4.79 Å². The summed E-state index contributed by atoms with van der Waals surface area (Å²) < 4.78 is 10.6. The first-order valence-corrected chi connectivity index (χ1v) is 10.2. The van der Waals surface area contributed by atoms with Crippen molar-refractivity contribution in [3.8, 4) is 0 Å². The number of methoxy groups -OCH3 is 1. The summed E-state index contributed by atoms with van der Waals surface area (Å²) in [6, 6.07) is 3.67. The lowest BCUT2D eigenvalue weighted by molar-refractivity contribution is -0.136. The minimum absolute atomic E-state index is 0.0314. The number of halogens is 1. The fourth-order valence-corrected chi connectivity index (χ4v) is 4.64. The molecule has 29 heavy (non-hydrogen) atoms. The van der Waals surface area contributed by atoms with Crippen molar-refractivity contribution >= 4 is 23.6 Å². The van der Waals surface area contributed by atoms with Gasteiger partial charge in [0.05, 0.1) is 19.3 Å². The highest BCUT2D eigenvalue weighted by atomic mass is 35.5. The molecule has 8 heteroatoms. The summed E-state index contributed by atoms with van der Waals surface area (Å²) in [5, 5.41) is 10.3. The zero-order valence-electron chi connectivity index (χ0n) is 17.2. The first-order valence-electron chi connectivity index (χ1n) is 9.87. The lowest BCUT2D eigenvalue weighted by Crippen LogP contribution is -2.55. The zero-order valence-corrected chi connectivity index (χ0v) is 18.0. The summed E-state index contributed by atoms with van der Waals surface area (Å²) in [5.74, 6) is -0.0314. The Bertz CT molecular complexity index is 783. The molecular weight excluding hydrogens is 396 g/mol. The van der Waals surface area contributed by atoms with E-state index in [1.165, 1.54) is 12.0 Å². The van der Waals surface area contributed by atoms with Gasteiger partial charge >= 0.3 is 6.09 Å². The van der Waals surface area contributed by atoms with Gasteiger partial charge < -0.3 is 24.4 Å². The Kier molecular flexibility index (Phi) is 6.71. The summed E-state index contributed by atoms with van der Waals surface area (Å²) in [4.78, 5) is 27.3. The fourth-order valence-electron chi connectivity index (χ4n) is 4.38. The fraction of sp³-hybridized carbons (Fsp3) is 0.619. The zero-order chi connectivity index (χ0) is 21.2. The van der Waals surface area contributed by atoms with Gasteiger partial charge in [0, 0.05) is 31.8 Å². The number of nitrogens with zero attached hydrogens (tertiary/aromatic N) is 2. The van der Waals surface area contributed by atoms with Crippen LogP contribution in [0.5, 0.6) is 0 Å². The van der Waals surface area contributed by atoms with E-state index in [0.717, 1.165) is 23.1 Å². The summed E-state index contributed by atoms with van der Waals surface area (Å²) in [5.41, 5.74) is 2.95. The Labute approximate surface area is 176 Å². The summed E-state index contributed by atoms with van der Waals surface area (Å²) in [6.07, 6.45) is 0.461. The molecule has 3 rings (SSSR count). The normalized spacial score (nSPS) is 19.8. The third-order valence-corrected chi connectivity index (χ3v) is 6.16. The van der Waals surface area contributed by atoms with Crippen LogP contribution in [-0.4, -0.2) is 73.0 Å². The monoisotopic (exact) mass is 424 g/mol. The predicted octanol–water partition coefficient (Wildman–Crippen LogP) is 2.82. The Morgan fingerprint density at radius 3 is 2.79 bits per heavy atom. The van der Waals surface area contributed by atoms with Crippen LogP contribution >= 0.6 is 11.6 Å². The van der Waals surface area contributed by atoms with Gasteiger partial charge in [-0.05, 0) is 47.1 Å². The lowest BCUT2D eigenvalue weighted by Gasteiger charge is -2.44. The van der Waals surface area contributed by atoms with Crippen molar-refractivity contribution in [3.63, 3.8) is 0 Å².